The van der Waals surface area contributed by atoms with Gasteiger partial charge in [0, 0.05) is 5.69 Å². The quantitative estimate of drug-likeness (QED) is 0.696. The predicted molar refractivity (Wildman–Crippen MR) is 107 cm³/mol. The van der Waals surface area contributed by atoms with E-state index in [0.29, 0.717) is 5.56 Å². The van der Waals surface area contributed by atoms with E-state index >= 15 is 0 Å². The van der Waals surface area contributed by atoms with Gasteiger partial charge in [-0.3, -0.25) is 4.79 Å². The second kappa shape index (κ2) is 7.19. The van der Waals surface area contributed by atoms with Crippen LogP contribution in [0.25, 0.3) is 0 Å². The van der Waals surface area contributed by atoms with E-state index in [4.69, 9.17) is 5.11 Å². The first kappa shape index (κ1) is 17.8. The fourth-order valence-corrected chi connectivity index (χ4v) is 3.61. The van der Waals surface area contributed by atoms with Crippen molar-refractivity contribution in [3.63, 3.8) is 0 Å². The molecule has 0 fully saturated rings. The number of carbonyl (C=O) groups is 2. The molecule has 1 heterocycles. The summed E-state index contributed by atoms with van der Waals surface area (Å²) in [6.07, 6.45) is -0.402. The van der Waals surface area contributed by atoms with Crippen LogP contribution in [0.2, 0.25) is 0 Å². The van der Waals surface area contributed by atoms with Gasteiger partial charge < -0.3 is 15.3 Å². The van der Waals surface area contributed by atoms with Crippen LogP contribution in [0.5, 0.6) is 0 Å². The van der Waals surface area contributed by atoms with Crippen molar-refractivity contribution in [2.45, 2.75) is 19.1 Å². The molecule has 0 bridgehead atoms. The monoisotopic (exact) mass is 372 g/mol. The Labute approximate surface area is 163 Å². The molecule has 0 aliphatic carbocycles. The molecule has 5 nitrogen and oxygen atoms in total. The first-order valence-electron chi connectivity index (χ1n) is 9.12. The Morgan fingerprint density at radius 1 is 0.964 bits per heavy atom. The number of hydrogen-bond acceptors (Lipinski definition) is 3. The Balaban J connectivity index is 1.79. The van der Waals surface area contributed by atoms with Gasteiger partial charge in [-0.05, 0) is 42.3 Å². The number of fused-ring (bicyclic) bond motifs is 1. The standard InChI is InChI=1S/C23H20N2O3/c1-15(16-7-3-2-4-8-16)25-21(17-11-13-18(14-12-17)23(27)28)24-20-10-6-5-9-19(20)22(25)26/h2-15,21,24H,1H3,(H,27,28)/t15-,21+/m0/s1. The number of hydrogen-bond donors (Lipinski definition) is 2. The maximum absolute atomic E-state index is 13.4. The first-order valence-corrected chi connectivity index (χ1v) is 9.12. The van der Waals surface area contributed by atoms with Gasteiger partial charge in [0.2, 0.25) is 0 Å². The molecule has 3 aromatic carbocycles. The maximum atomic E-state index is 13.4. The van der Waals surface area contributed by atoms with Crippen LogP contribution in [0, 0.1) is 0 Å². The first-order chi connectivity index (χ1) is 13.6. The highest BCUT2D eigenvalue weighted by atomic mass is 16.4. The lowest BCUT2D eigenvalue weighted by Gasteiger charge is -2.42. The predicted octanol–water partition coefficient (Wildman–Crippen LogP) is 4.71. The van der Waals surface area contributed by atoms with Gasteiger partial charge in [-0.25, -0.2) is 4.79 Å². The van der Waals surface area contributed by atoms with Crippen LogP contribution in [0.15, 0.2) is 78.9 Å². The van der Waals surface area contributed by atoms with Crippen molar-refractivity contribution in [1.82, 2.24) is 4.90 Å². The van der Waals surface area contributed by atoms with E-state index in [1.165, 1.54) is 0 Å². The van der Waals surface area contributed by atoms with Crippen molar-refractivity contribution in [2.75, 3.05) is 5.32 Å². The van der Waals surface area contributed by atoms with E-state index in [9.17, 15) is 9.59 Å². The highest BCUT2D eigenvalue weighted by Gasteiger charge is 2.36. The topological polar surface area (TPSA) is 69.6 Å². The Kier molecular flexibility index (Phi) is 4.57. The summed E-state index contributed by atoms with van der Waals surface area (Å²) in [7, 11) is 0. The van der Waals surface area contributed by atoms with E-state index in [-0.39, 0.29) is 17.5 Å². The van der Waals surface area contributed by atoms with Gasteiger partial charge in [0.25, 0.3) is 5.91 Å². The number of anilines is 1. The van der Waals surface area contributed by atoms with Gasteiger partial charge in [0.15, 0.2) is 0 Å². The van der Waals surface area contributed by atoms with E-state index < -0.39 is 12.1 Å². The SMILES string of the molecule is C[C@@H](c1ccccc1)N1C(=O)c2ccccc2N[C@H]1c1ccc(C(=O)O)cc1. The van der Waals surface area contributed by atoms with Crippen LogP contribution in [0.1, 0.15) is 51.0 Å². The number of aromatic carboxylic acids is 1. The van der Waals surface area contributed by atoms with Crippen LogP contribution < -0.4 is 5.32 Å². The zero-order chi connectivity index (χ0) is 19.7. The van der Waals surface area contributed by atoms with Crippen LogP contribution in [0.3, 0.4) is 0 Å². The van der Waals surface area contributed by atoms with Gasteiger partial charge in [0.05, 0.1) is 17.2 Å². The Morgan fingerprint density at radius 3 is 2.29 bits per heavy atom. The van der Waals surface area contributed by atoms with Gasteiger partial charge in [-0.1, -0.05) is 54.6 Å². The number of carbonyl (C=O) groups excluding carboxylic acids is 1. The molecule has 0 aromatic heterocycles. The van der Waals surface area contributed by atoms with Crippen molar-refractivity contribution in [3.05, 3.63) is 101 Å². The van der Waals surface area contributed by atoms with Crippen molar-refractivity contribution in [1.29, 1.82) is 0 Å². The fourth-order valence-electron chi connectivity index (χ4n) is 3.61. The summed E-state index contributed by atoms with van der Waals surface area (Å²) in [5.41, 5.74) is 3.48. The lowest BCUT2D eigenvalue weighted by molar-refractivity contribution is 0.0595. The zero-order valence-electron chi connectivity index (χ0n) is 15.4. The summed E-state index contributed by atoms with van der Waals surface area (Å²) >= 11 is 0. The molecule has 4 rings (SSSR count). The van der Waals surface area contributed by atoms with Gasteiger partial charge in [-0.15, -0.1) is 0 Å². The Hall–Kier alpha value is -3.60. The molecule has 140 valence electrons. The molecular weight excluding hydrogens is 352 g/mol. The van der Waals surface area contributed by atoms with E-state index in [0.717, 1.165) is 16.8 Å². The molecule has 2 N–H and O–H groups in total. The van der Waals surface area contributed by atoms with Gasteiger partial charge in [-0.2, -0.15) is 0 Å². The Bertz CT molecular complexity index is 1020. The summed E-state index contributed by atoms with van der Waals surface area (Å²) in [4.78, 5) is 26.4. The molecule has 3 aromatic rings. The van der Waals surface area contributed by atoms with Gasteiger partial charge >= 0.3 is 5.97 Å². The smallest absolute Gasteiger partial charge is 0.335 e. The van der Waals surface area contributed by atoms with Crippen LogP contribution >= 0.6 is 0 Å². The van der Waals surface area contributed by atoms with Crippen molar-refractivity contribution in [2.24, 2.45) is 0 Å². The molecule has 5 heteroatoms. The third-order valence-electron chi connectivity index (χ3n) is 5.13. The molecule has 0 spiro atoms. The highest BCUT2D eigenvalue weighted by molar-refractivity contribution is 6.02. The van der Waals surface area contributed by atoms with Crippen LogP contribution in [-0.2, 0) is 0 Å². The number of nitrogens with zero attached hydrogens (tertiary/aromatic N) is 1. The highest BCUT2D eigenvalue weighted by Crippen LogP contribution is 2.38. The van der Waals surface area contributed by atoms with Crippen LogP contribution in [-0.4, -0.2) is 21.9 Å². The lowest BCUT2D eigenvalue weighted by atomic mass is 9.98. The minimum Gasteiger partial charge on any atom is -0.478 e. The minimum absolute atomic E-state index is 0.0574. The van der Waals surface area contributed by atoms with Crippen LogP contribution in [0.4, 0.5) is 5.69 Å². The lowest BCUT2D eigenvalue weighted by Crippen LogP contribution is -2.44. The average Bonchev–Trinajstić information content (AvgIpc) is 2.74. The zero-order valence-corrected chi connectivity index (χ0v) is 15.4. The van der Waals surface area contributed by atoms with Crippen molar-refractivity contribution < 1.29 is 14.7 Å². The summed E-state index contributed by atoms with van der Waals surface area (Å²) in [5.74, 6) is -1.03. The summed E-state index contributed by atoms with van der Waals surface area (Å²) < 4.78 is 0. The van der Waals surface area contributed by atoms with E-state index in [1.807, 2.05) is 66.4 Å². The average molecular weight is 372 g/mol. The maximum Gasteiger partial charge on any atom is 0.335 e. The molecule has 0 saturated carbocycles. The summed E-state index contributed by atoms with van der Waals surface area (Å²) in [5, 5.41) is 12.6. The molecule has 28 heavy (non-hydrogen) atoms. The third-order valence-corrected chi connectivity index (χ3v) is 5.13. The molecule has 0 radical (unpaired) electrons. The molecule has 0 saturated heterocycles. The largest absolute Gasteiger partial charge is 0.478 e. The minimum atomic E-state index is -0.973. The number of nitrogens with one attached hydrogen (secondary N) is 1. The normalized spacial score (nSPS) is 16.8. The third kappa shape index (κ3) is 3.11. The van der Waals surface area contributed by atoms with Crippen molar-refractivity contribution >= 4 is 17.6 Å². The molecule has 0 unspecified atom stereocenters. The number of benzene rings is 3. The molecule has 2 atom stereocenters. The number of amides is 1. The number of para-hydroxylation sites is 1. The van der Waals surface area contributed by atoms with Gasteiger partial charge in [0.1, 0.15) is 6.17 Å². The number of rotatable bonds is 4. The van der Waals surface area contributed by atoms with E-state index in [2.05, 4.69) is 5.32 Å². The number of carboxylic acids is 1. The second-order valence-electron chi connectivity index (χ2n) is 6.82. The number of carboxylic acid groups (broad SMARTS) is 1. The molecule has 1 aliphatic heterocycles. The molecule has 1 aliphatic rings. The molecule has 1 amide bonds. The second-order valence-corrected chi connectivity index (χ2v) is 6.82. The van der Waals surface area contributed by atoms with Crippen molar-refractivity contribution in [3.8, 4) is 0 Å². The fraction of sp³-hybridized carbons (Fsp3) is 0.130. The van der Waals surface area contributed by atoms with E-state index in [1.54, 1.807) is 24.3 Å². The summed E-state index contributed by atoms with van der Waals surface area (Å²) in [6, 6.07) is 23.8. The Morgan fingerprint density at radius 2 is 1.61 bits per heavy atom. The summed E-state index contributed by atoms with van der Waals surface area (Å²) in [6.45, 7) is 2.00. The molecular formula is C23H20N2O3.